The number of amides is 2. The van der Waals surface area contributed by atoms with Gasteiger partial charge in [0.05, 0.1) is 4.47 Å². The van der Waals surface area contributed by atoms with Crippen LogP contribution < -0.4 is 10.1 Å². The SMILES string of the molecule is CC(C)(C)NC(=O)[C@@H](Cc1ccccc1)N(Cc1ccc(F)cc1)C(=O)COc1ccc(Cl)cc1Br. The molecule has 0 fully saturated rings. The molecule has 3 aromatic carbocycles. The van der Waals surface area contributed by atoms with Gasteiger partial charge < -0.3 is 15.0 Å². The molecule has 1 atom stereocenters. The molecule has 3 aromatic rings. The first kappa shape index (κ1) is 27.7. The first-order chi connectivity index (χ1) is 17.0. The molecule has 0 bridgehead atoms. The zero-order valence-electron chi connectivity index (χ0n) is 20.4. The van der Waals surface area contributed by atoms with Gasteiger partial charge in [-0.05, 0) is 78.2 Å². The van der Waals surface area contributed by atoms with Crippen molar-refractivity contribution in [1.29, 1.82) is 0 Å². The Balaban J connectivity index is 1.93. The Labute approximate surface area is 224 Å². The van der Waals surface area contributed by atoms with E-state index in [9.17, 15) is 14.0 Å². The molecule has 0 saturated carbocycles. The summed E-state index contributed by atoms with van der Waals surface area (Å²) in [7, 11) is 0. The van der Waals surface area contributed by atoms with E-state index in [0.717, 1.165) is 5.56 Å². The highest BCUT2D eigenvalue weighted by molar-refractivity contribution is 9.10. The van der Waals surface area contributed by atoms with Crippen LogP contribution in [0.3, 0.4) is 0 Å². The highest BCUT2D eigenvalue weighted by Gasteiger charge is 2.32. The lowest BCUT2D eigenvalue weighted by atomic mass is 10.0. The normalized spacial score (nSPS) is 12.1. The highest BCUT2D eigenvalue weighted by atomic mass is 79.9. The second-order valence-electron chi connectivity index (χ2n) is 9.46. The number of ether oxygens (including phenoxy) is 1. The fourth-order valence-corrected chi connectivity index (χ4v) is 4.41. The molecule has 190 valence electrons. The van der Waals surface area contributed by atoms with Crippen molar-refractivity contribution in [3.8, 4) is 5.75 Å². The Kier molecular flexibility index (Phi) is 9.51. The third kappa shape index (κ3) is 8.35. The lowest BCUT2D eigenvalue weighted by Crippen LogP contribution is -2.55. The maximum Gasteiger partial charge on any atom is 0.261 e. The van der Waals surface area contributed by atoms with Crippen molar-refractivity contribution in [3.05, 3.63) is 99.2 Å². The smallest absolute Gasteiger partial charge is 0.261 e. The van der Waals surface area contributed by atoms with E-state index in [1.54, 1.807) is 30.3 Å². The summed E-state index contributed by atoms with van der Waals surface area (Å²) in [6.07, 6.45) is 0.306. The monoisotopic (exact) mass is 574 g/mol. The van der Waals surface area contributed by atoms with E-state index in [0.29, 0.717) is 27.2 Å². The summed E-state index contributed by atoms with van der Waals surface area (Å²) in [4.78, 5) is 28.6. The fourth-order valence-electron chi connectivity index (χ4n) is 3.61. The predicted molar refractivity (Wildman–Crippen MR) is 143 cm³/mol. The topological polar surface area (TPSA) is 58.6 Å². The molecule has 0 saturated heterocycles. The minimum absolute atomic E-state index is 0.110. The van der Waals surface area contributed by atoms with Crippen LogP contribution in [0.4, 0.5) is 4.39 Å². The number of nitrogens with one attached hydrogen (secondary N) is 1. The van der Waals surface area contributed by atoms with Crippen molar-refractivity contribution >= 4 is 39.3 Å². The summed E-state index contributed by atoms with van der Waals surface area (Å²) in [6, 6.07) is 19.6. The molecule has 0 aliphatic heterocycles. The molecule has 36 heavy (non-hydrogen) atoms. The van der Waals surface area contributed by atoms with Gasteiger partial charge in [0.25, 0.3) is 5.91 Å². The predicted octanol–water partition coefficient (Wildman–Crippen LogP) is 6.18. The summed E-state index contributed by atoms with van der Waals surface area (Å²) in [5.41, 5.74) is 1.10. The van der Waals surface area contributed by atoms with Crippen molar-refractivity contribution in [2.75, 3.05) is 6.61 Å². The molecule has 1 N–H and O–H groups in total. The van der Waals surface area contributed by atoms with E-state index in [1.807, 2.05) is 51.1 Å². The lowest BCUT2D eigenvalue weighted by Gasteiger charge is -2.33. The first-order valence-electron chi connectivity index (χ1n) is 11.5. The van der Waals surface area contributed by atoms with Crippen molar-refractivity contribution < 1.29 is 18.7 Å². The second kappa shape index (κ2) is 12.4. The number of nitrogens with zero attached hydrogens (tertiary/aromatic N) is 1. The zero-order valence-corrected chi connectivity index (χ0v) is 22.8. The number of hydrogen-bond acceptors (Lipinski definition) is 3. The molecular formula is C28H29BrClFN2O3. The minimum atomic E-state index is -0.818. The van der Waals surface area contributed by atoms with Gasteiger partial charge in [-0.15, -0.1) is 0 Å². The van der Waals surface area contributed by atoms with E-state index in [4.69, 9.17) is 16.3 Å². The van der Waals surface area contributed by atoms with Gasteiger partial charge in [0, 0.05) is 23.5 Å². The first-order valence-corrected chi connectivity index (χ1v) is 12.7. The van der Waals surface area contributed by atoms with Crippen molar-refractivity contribution in [2.45, 2.75) is 45.3 Å². The van der Waals surface area contributed by atoms with Gasteiger partial charge in [0.15, 0.2) is 6.61 Å². The summed E-state index contributed by atoms with van der Waals surface area (Å²) in [5, 5.41) is 3.53. The van der Waals surface area contributed by atoms with Gasteiger partial charge in [-0.3, -0.25) is 9.59 Å². The molecule has 2 amide bonds. The van der Waals surface area contributed by atoms with E-state index < -0.39 is 11.6 Å². The standard InChI is InChI=1S/C28H29BrClFN2O3/c1-28(2,3)32-27(35)24(15-19-7-5-4-6-8-19)33(17-20-9-12-22(31)13-10-20)26(34)18-36-25-14-11-21(30)16-23(25)29/h4-14,16,24H,15,17-18H2,1-3H3,(H,32,35)/t24-/m1/s1. The maximum atomic E-state index is 13.6. The summed E-state index contributed by atoms with van der Waals surface area (Å²) < 4.78 is 19.9. The summed E-state index contributed by atoms with van der Waals surface area (Å²) in [5.74, 6) is -0.590. The second-order valence-corrected chi connectivity index (χ2v) is 10.7. The molecule has 0 radical (unpaired) electrons. The quantitative estimate of drug-likeness (QED) is 0.332. The molecule has 0 aromatic heterocycles. The molecule has 3 rings (SSSR count). The highest BCUT2D eigenvalue weighted by Crippen LogP contribution is 2.28. The Bertz CT molecular complexity index is 1180. The fraction of sp³-hybridized carbons (Fsp3) is 0.286. The molecule has 0 heterocycles. The van der Waals surface area contributed by atoms with Crippen LogP contribution in [0.1, 0.15) is 31.9 Å². The summed E-state index contributed by atoms with van der Waals surface area (Å²) >= 11 is 9.40. The lowest BCUT2D eigenvalue weighted by molar-refractivity contribution is -0.143. The Morgan fingerprint density at radius 3 is 2.31 bits per heavy atom. The van der Waals surface area contributed by atoms with Crippen LogP contribution in [0.15, 0.2) is 77.3 Å². The molecule has 0 aliphatic rings. The Hall–Kier alpha value is -2.90. The van der Waals surface area contributed by atoms with Crippen LogP contribution in [0.5, 0.6) is 5.75 Å². The molecule has 0 unspecified atom stereocenters. The van der Waals surface area contributed by atoms with Crippen LogP contribution in [-0.2, 0) is 22.6 Å². The number of carbonyl (C=O) groups excluding carboxylic acids is 2. The van der Waals surface area contributed by atoms with Crippen LogP contribution in [0.25, 0.3) is 0 Å². The molecule has 0 aliphatic carbocycles. The summed E-state index contributed by atoms with van der Waals surface area (Å²) in [6.45, 7) is 5.47. The zero-order chi connectivity index (χ0) is 26.3. The maximum absolute atomic E-state index is 13.6. The molecule has 8 heteroatoms. The molecule has 0 spiro atoms. The Morgan fingerprint density at radius 1 is 1.03 bits per heavy atom. The molecule has 5 nitrogen and oxygen atoms in total. The van der Waals surface area contributed by atoms with Crippen LogP contribution in [0.2, 0.25) is 5.02 Å². The minimum Gasteiger partial charge on any atom is -0.483 e. The average Bonchev–Trinajstić information content (AvgIpc) is 2.81. The average molecular weight is 576 g/mol. The van der Waals surface area contributed by atoms with Gasteiger partial charge in [-0.25, -0.2) is 4.39 Å². The van der Waals surface area contributed by atoms with Gasteiger partial charge >= 0.3 is 0 Å². The van der Waals surface area contributed by atoms with Crippen LogP contribution in [0, 0.1) is 5.82 Å². The third-order valence-corrected chi connectivity index (χ3v) is 6.14. The van der Waals surface area contributed by atoms with Crippen LogP contribution >= 0.6 is 27.5 Å². The van der Waals surface area contributed by atoms with Crippen molar-refractivity contribution in [3.63, 3.8) is 0 Å². The van der Waals surface area contributed by atoms with Crippen molar-refractivity contribution in [1.82, 2.24) is 10.2 Å². The Morgan fingerprint density at radius 2 is 1.69 bits per heavy atom. The van der Waals surface area contributed by atoms with Gasteiger partial charge in [-0.1, -0.05) is 54.1 Å². The van der Waals surface area contributed by atoms with Gasteiger partial charge in [0.1, 0.15) is 17.6 Å². The van der Waals surface area contributed by atoms with Gasteiger partial charge in [-0.2, -0.15) is 0 Å². The van der Waals surface area contributed by atoms with E-state index in [1.165, 1.54) is 17.0 Å². The number of benzene rings is 3. The number of halogens is 3. The van der Waals surface area contributed by atoms with E-state index >= 15 is 0 Å². The van der Waals surface area contributed by atoms with E-state index in [2.05, 4.69) is 21.2 Å². The van der Waals surface area contributed by atoms with Gasteiger partial charge in [0.2, 0.25) is 5.91 Å². The third-order valence-electron chi connectivity index (χ3n) is 5.28. The largest absolute Gasteiger partial charge is 0.483 e. The van der Waals surface area contributed by atoms with Crippen molar-refractivity contribution in [2.24, 2.45) is 0 Å². The number of rotatable bonds is 9. The van der Waals surface area contributed by atoms with Crippen LogP contribution in [-0.4, -0.2) is 34.9 Å². The number of hydrogen-bond donors (Lipinski definition) is 1. The van der Waals surface area contributed by atoms with E-state index in [-0.39, 0.29) is 30.8 Å². The molecular weight excluding hydrogens is 547 g/mol. The number of carbonyl (C=O) groups is 2.